The molecule has 1 saturated heterocycles. The highest BCUT2D eigenvalue weighted by Crippen LogP contribution is 2.44. The number of methoxy groups -OCH3 is 1. The van der Waals surface area contributed by atoms with Gasteiger partial charge < -0.3 is 19.5 Å². The van der Waals surface area contributed by atoms with E-state index in [0.29, 0.717) is 29.8 Å². The van der Waals surface area contributed by atoms with Crippen molar-refractivity contribution in [3.63, 3.8) is 0 Å². The van der Waals surface area contributed by atoms with Gasteiger partial charge in [-0.1, -0.05) is 0 Å². The van der Waals surface area contributed by atoms with Crippen molar-refractivity contribution in [2.45, 2.75) is 44.4 Å². The summed E-state index contributed by atoms with van der Waals surface area (Å²) in [5, 5.41) is 10.8. The molecule has 0 saturated carbocycles. The summed E-state index contributed by atoms with van der Waals surface area (Å²) in [6.07, 6.45) is 0.372. The second kappa shape index (κ2) is 5.53. The van der Waals surface area contributed by atoms with E-state index < -0.39 is 23.7 Å². The molecule has 0 aliphatic carbocycles. The van der Waals surface area contributed by atoms with Gasteiger partial charge in [0.25, 0.3) is 0 Å². The third kappa shape index (κ3) is 2.57. The summed E-state index contributed by atoms with van der Waals surface area (Å²) >= 11 is 0. The number of esters is 1. The van der Waals surface area contributed by atoms with Crippen molar-refractivity contribution in [1.29, 1.82) is 0 Å². The molecule has 6 nitrogen and oxygen atoms in total. The maximum absolute atomic E-state index is 12.2. The molecule has 124 valence electrons. The van der Waals surface area contributed by atoms with Crippen LogP contribution in [-0.4, -0.2) is 47.2 Å². The first-order chi connectivity index (χ1) is 10.8. The number of carbonyl (C=O) groups is 2. The number of ether oxygens (including phenoxy) is 2. The van der Waals surface area contributed by atoms with E-state index in [-0.39, 0.29) is 5.91 Å². The summed E-state index contributed by atoms with van der Waals surface area (Å²) in [4.78, 5) is 25.7. The van der Waals surface area contributed by atoms with E-state index in [2.05, 4.69) is 0 Å². The Morgan fingerprint density at radius 2 is 2.17 bits per heavy atom. The number of aliphatic hydroxyl groups excluding tert-OH is 1. The Balaban J connectivity index is 2.10. The van der Waals surface area contributed by atoms with E-state index >= 15 is 0 Å². The van der Waals surface area contributed by atoms with Crippen molar-refractivity contribution in [1.82, 2.24) is 4.90 Å². The maximum atomic E-state index is 12.2. The minimum atomic E-state index is -0.884. The monoisotopic (exact) mass is 319 g/mol. The Morgan fingerprint density at radius 3 is 2.78 bits per heavy atom. The van der Waals surface area contributed by atoms with Crippen LogP contribution in [0.3, 0.4) is 0 Å². The third-order valence-corrected chi connectivity index (χ3v) is 4.58. The van der Waals surface area contributed by atoms with Gasteiger partial charge in [0.2, 0.25) is 5.91 Å². The van der Waals surface area contributed by atoms with Crippen LogP contribution in [0.15, 0.2) is 18.2 Å². The van der Waals surface area contributed by atoms with Gasteiger partial charge in [0, 0.05) is 18.5 Å². The average molecular weight is 319 g/mol. The minimum absolute atomic E-state index is 0.0150. The SMILES string of the molecule is COC(=O)c1ccc2c(c1)C(N1CCCC1=O)[C@H](O)C(C)(C)O2. The molecule has 1 aromatic rings. The molecule has 1 N–H and O–H groups in total. The Kier molecular flexibility index (Phi) is 3.80. The van der Waals surface area contributed by atoms with Gasteiger partial charge in [-0.2, -0.15) is 0 Å². The van der Waals surface area contributed by atoms with Crippen LogP contribution in [0.25, 0.3) is 0 Å². The summed E-state index contributed by atoms with van der Waals surface area (Å²) in [7, 11) is 1.32. The van der Waals surface area contributed by atoms with Crippen molar-refractivity contribution in [2.75, 3.05) is 13.7 Å². The highest BCUT2D eigenvalue weighted by atomic mass is 16.5. The molecule has 1 amide bonds. The number of aliphatic hydroxyl groups is 1. The Bertz CT molecular complexity index is 654. The highest BCUT2D eigenvalue weighted by Gasteiger charge is 2.47. The van der Waals surface area contributed by atoms with Gasteiger partial charge in [0.05, 0.1) is 18.7 Å². The van der Waals surface area contributed by atoms with E-state index in [1.165, 1.54) is 7.11 Å². The fourth-order valence-electron chi connectivity index (χ4n) is 3.31. The largest absolute Gasteiger partial charge is 0.485 e. The Hall–Kier alpha value is -2.08. The predicted molar refractivity (Wildman–Crippen MR) is 82.2 cm³/mol. The first-order valence-corrected chi connectivity index (χ1v) is 7.74. The van der Waals surface area contributed by atoms with Crippen LogP contribution in [0.4, 0.5) is 0 Å². The standard InChI is InChI=1S/C17H21NO5/c1-17(2)15(20)14(18-8-4-5-13(18)19)11-9-10(16(21)22-3)6-7-12(11)23-17/h6-7,9,14-15,20H,4-5,8H2,1-3H3/t14?,15-/m0/s1. The average Bonchev–Trinajstić information content (AvgIpc) is 2.93. The predicted octanol–water partition coefficient (Wildman–Crippen LogP) is 1.67. The molecule has 2 aliphatic rings. The molecular weight excluding hydrogens is 298 g/mol. The second-order valence-corrected chi connectivity index (χ2v) is 6.53. The van der Waals surface area contributed by atoms with Crippen LogP contribution >= 0.6 is 0 Å². The van der Waals surface area contributed by atoms with Crippen LogP contribution in [-0.2, 0) is 9.53 Å². The molecule has 1 unspecified atom stereocenters. The molecule has 0 bridgehead atoms. The molecule has 1 aromatic carbocycles. The molecule has 0 aromatic heterocycles. The number of fused-ring (bicyclic) bond motifs is 1. The molecule has 2 atom stereocenters. The zero-order chi connectivity index (χ0) is 16.8. The molecular formula is C17H21NO5. The summed E-state index contributed by atoms with van der Waals surface area (Å²) < 4.78 is 10.6. The van der Waals surface area contributed by atoms with Crippen molar-refractivity contribution >= 4 is 11.9 Å². The summed E-state index contributed by atoms with van der Waals surface area (Å²) in [5.41, 5.74) is 0.196. The van der Waals surface area contributed by atoms with Crippen LogP contribution in [0.5, 0.6) is 5.75 Å². The van der Waals surface area contributed by atoms with Crippen LogP contribution in [0.1, 0.15) is 48.7 Å². The van der Waals surface area contributed by atoms with Gasteiger partial charge in [-0.05, 0) is 38.5 Å². The zero-order valence-corrected chi connectivity index (χ0v) is 13.5. The molecule has 1 fully saturated rings. The highest BCUT2D eigenvalue weighted by molar-refractivity contribution is 5.90. The van der Waals surface area contributed by atoms with Crippen molar-refractivity contribution < 1.29 is 24.2 Å². The quantitative estimate of drug-likeness (QED) is 0.839. The maximum Gasteiger partial charge on any atom is 0.337 e. The van der Waals surface area contributed by atoms with E-state index in [0.717, 1.165) is 6.42 Å². The van der Waals surface area contributed by atoms with Crippen molar-refractivity contribution in [3.8, 4) is 5.75 Å². The molecule has 2 heterocycles. The zero-order valence-electron chi connectivity index (χ0n) is 13.5. The summed E-state index contributed by atoms with van der Waals surface area (Å²) in [5.74, 6) is 0.137. The molecule has 0 radical (unpaired) electrons. The molecule has 6 heteroatoms. The Morgan fingerprint density at radius 1 is 1.43 bits per heavy atom. The summed E-state index contributed by atoms with van der Waals surface area (Å²) in [6, 6.07) is 4.45. The third-order valence-electron chi connectivity index (χ3n) is 4.58. The lowest BCUT2D eigenvalue weighted by atomic mass is 9.85. The van der Waals surface area contributed by atoms with Gasteiger partial charge in [0.1, 0.15) is 17.5 Å². The number of nitrogens with zero attached hydrogens (tertiary/aromatic N) is 1. The number of carbonyl (C=O) groups excluding carboxylic acids is 2. The van der Waals surface area contributed by atoms with Gasteiger partial charge in [-0.25, -0.2) is 4.79 Å². The Labute approximate surface area is 135 Å². The number of likely N-dealkylation sites (tertiary alicyclic amines) is 1. The van der Waals surface area contributed by atoms with Crippen LogP contribution in [0.2, 0.25) is 0 Å². The number of amides is 1. The number of rotatable bonds is 2. The van der Waals surface area contributed by atoms with Crippen LogP contribution in [0, 0.1) is 0 Å². The minimum Gasteiger partial charge on any atom is -0.485 e. The lowest BCUT2D eigenvalue weighted by Gasteiger charge is -2.45. The lowest BCUT2D eigenvalue weighted by Crippen LogP contribution is -2.53. The van der Waals surface area contributed by atoms with E-state index in [1.54, 1.807) is 36.9 Å². The van der Waals surface area contributed by atoms with Gasteiger partial charge in [0.15, 0.2) is 0 Å². The topological polar surface area (TPSA) is 76.1 Å². The number of benzene rings is 1. The first kappa shape index (κ1) is 15.8. The molecule has 0 spiro atoms. The van der Waals surface area contributed by atoms with Gasteiger partial charge >= 0.3 is 5.97 Å². The number of hydrogen-bond donors (Lipinski definition) is 1. The first-order valence-electron chi connectivity index (χ1n) is 7.74. The van der Waals surface area contributed by atoms with Crippen molar-refractivity contribution in [2.24, 2.45) is 0 Å². The fraction of sp³-hybridized carbons (Fsp3) is 0.529. The molecule has 3 rings (SSSR count). The van der Waals surface area contributed by atoms with E-state index in [9.17, 15) is 14.7 Å². The van der Waals surface area contributed by atoms with Gasteiger partial charge in [-0.15, -0.1) is 0 Å². The van der Waals surface area contributed by atoms with Crippen molar-refractivity contribution in [3.05, 3.63) is 29.3 Å². The van der Waals surface area contributed by atoms with E-state index in [4.69, 9.17) is 9.47 Å². The van der Waals surface area contributed by atoms with Crippen LogP contribution < -0.4 is 4.74 Å². The van der Waals surface area contributed by atoms with Gasteiger partial charge in [-0.3, -0.25) is 4.79 Å². The smallest absolute Gasteiger partial charge is 0.337 e. The molecule has 2 aliphatic heterocycles. The van der Waals surface area contributed by atoms with E-state index in [1.807, 2.05) is 0 Å². The number of hydrogen-bond acceptors (Lipinski definition) is 5. The normalized spacial score (nSPS) is 25.7. The lowest BCUT2D eigenvalue weighted by molar-refractivity contribution is -0.139. The second-order valence-electron chi connectivity index (χ2n) is 6.53. The molecule has 23 heavy (non-hydrogen) atoms. The fourth-order valence-corrected chi connectivity index (χ4v) is 3.31. The summed E-state index contributed by atoms with van der Waals surface area (Å²) in [6.45, 7) is 4.18.